The summed E-state index contributed by atoms with van der Waals surface area (Å²) in [7, 11) is -0.0913. The van der Waals surface area contributed by atoms with Gasteiger partial charge in [0.1, 0.15) is 0 Å². The van der Waals surface area contributed by atoms with Crippen LogP contribution in [0.2, 0.25) is 13.1 Å². The molecule has 0 aromatic rings. The zero-order chi connectivity index (χ0) is 6.62. The summed E-state index contributed by atoms with van der Waals surface area (Å²) >= 11 is 3.90. The first-order valence-electron chi connectivity index (χ1n) is 2.42. The summed E-state index contributed by atoms with van der Waals surface area (Å²) in [5.74, 6) is 0.451. The molecule has 2 nitrogen and oxygen atoms in total. The fourth-order valence-electron chi connectivity index (χ4n) is 0.214. The molecule has 0 bridgehead atoms. The minimum Gasteiger partial charge on any atom is -0.398 e. The largest absolute Gasteiger partial charge is 0.398 e. The lowest BCUT2D eigenvalue weighted by Crippen LogP contribution is -2.32. The predicted molar refractivity (Wildman–Crippen MR) is 39.4 cm³/mol. The molecule has 0 saturated carbocycles. The first-order chi connectivity index (χ1) is 3.62. The molecule has 0 rings (SSSR count). The monoisotopic (exact) mass is 152 g/mol. The van der Waals surface area contributed by atoms with Gasteiger partial charge in [0.15, 0.2) is 0 Å². The molecule has 0 saturated heterocycles. The molecule has 0 unspecified atom stereocenters. The summed E-state index contributed by atoms with van der Waals surface area (Å²) in [5, 5.41) is 0. The molecule has 0 aliphatic heterocycles. The Labute approximate surface area is 56.8 Å². The molecule has 0 aliphatic carbocycles. The third-order valence-electron chi connectivity index (χ3n) is 0.904. The Balaban J connectivity index is 3.37. The van der Waals surface area contributed by atoms with E-state index in [1.807, 2.05) is 13.1 Å². The van der Waals surface area contributed by atoms with Gasteiger partial charge in [0.2, 0.25) is 0 Å². The van der Waals surface area contributed by atoms with Crippen molar-refractivity contribution in [2.24, 2.45) is 0 Å². The van der Waals surface area contributed by atoms with Gasteiger partial charge in [0.25, 0.3) is 0 Å². The van der Waals surface area contributed by atoms with Crippen molar-refractivity contribution in [2.45, 2.75) is 13.1 Å². The van der Waals surface area contributed by atoms with Crippen LogP contribution >= 0.6 is 12.6 Å². The molecular weight excluding hydrogens is 140 g/mol. The lowest BCUT2D eigenvalue weighted by Gasteiger charge is -2.17. The number of thiol groups is 1. The molecule has 0 N–H and O–H groups in total. The van der Waals surface area contributed by atoms with Crippen molar-refractivity contribution in [1.29, 1.82) is 0 Å². The van der Waals surface area contributed by atoms with Gasteiger partial charge in [-0.05, 0) is 13.1 Å². The number of rotatable bonds is 3. The van der Waals surface area contributed by atoms with Crippen LogP contribution in [0.5, 0.6) is 0 Å². The summed E-state index contributed by atoms with van der Waals surface area (Å²) in [4.78, 5) is 0. The maximum absolute atomic E-state index is 5.16. The standard InChI is InChI=1S/C4H12O2SSi/c1-5-8(2,3)6-4-7/h7H,4H2,1-3H3. The highest BCUT2D eigenvalue weighted by Crippen LogP contribution is 2.03. The van der Waals surface area contributed by atoms with E-state index < -0.39 is 8.56 Å². The molecule has 0 aromatic heterocycles. The Hall–Kier alpha value is 0.487. The van der Waals surface area contributed by atoms with Gasteiger partial charge in [-0.3, -0.25) is 0 Å². The van der Waals surface area contributed by atoms with Crippen LogP contribution in [0.3, 0.4) is 0 Å². The maximum Gasteiger partial charge on any atom is 0.332 e. The third-order valence-corrected chi connectivity index (χ3v) is 3.10. The minimum atomic E-state index is -1.75. The molecule has 4 heteroatoms. The fourth-order valence-corrected chi connectivity index (χ4v) is 1.58. The molecule has 0 spiro atoms. The summed E-state index contributed by atoms with van der Waals surface area (Å²) in [6.45, 7) is 3.95. The second-order valence-corrected chi connectivity index (χ2v) is 5.63. The van der Waals surface area contributed by atoms with Crippen molar-refractivity contribution >= 4 is 21.2 Å². The van der Waals surface area contributed by atoms with Gasteiger partial charge in [-0.15, -0.1) is 0 Å². The van der Waals surface area contributed by atoms with Crippen molar-refractivity contribution < 1.29 is 8.85 Å². The second-order valence-electron chi connectivity index (χ2n) is 1.88. The fraction of sp³-hybridized carbons (Fsp3) is 1.00. The van der Waals surface area contributed by atoms with Crippen LogP contribution in [0, 0.1) is 0 Å². The van der Waals surface area contributed by atoms with Crippen molar-refractivity contribution in [3.8, 4) is 0 Å². The van der Waals surface area contributed by atoms with E-state index in [2.05, 4.69) is 12.6 Å². The van der Waals surface area contributed by atoms with Crippen LogP contribution in [0.4, 0.5) is 0 Å². The quantitative estimate of drug-likeness (QED) is 0.372. The molecule has 0 fully saturated rings. The average Bonchev–Trinajstić information content (AvgIpc) is 1.67. The summed E-state index contributed by atoms with van der Waals surface area (Å²) in [6.07, 6.45) is 0. The highest BCUT2D eigenvalue weighted by atomic mass is 32.1. The molecule has 0 aromatic carbocycles. The molecule has 8 heavy (non-hydrogen) atoms. The summed E-state index contributed by atoms with van der Waals surface area (Å²) in [5.41, 5.74) is 0. The van der Waals surface area contributed by atoms with E-state index in [1.165, 1.54) is 0 Å². The van der Waals surface area contributed by atoms with Crippen LogP contribution in [-0.4, -0.2) is 21.6 Å². The zero-order valence-electron chi connectivity index (χ0n) is 5.47. The Morgan fingerprint density at radius 1 is 1.50 bits per heavy atom. The molecule has 50 valence electrons. The molecule has 0 atom stereocenters. The van der Waals surface area contributed by atoms with Crippen molar-refractivity contribution in [3.63, 3.8) is 0 Å². The van der Waals surface area contributed by atoms with E-state index in [9.17, 15) is 0 Å². The zero-order valence-corrected chi connectivity index (χ0v) is 7.37. The number of hydrogen-bond acceptors (Lipinski definition) is 3. The number of hydrogen-bond donors (Lipinski definition) is 1. The SMILES string of the molecule is CO[Si](C)(C)OCS. The van der Waals surface area contributed by atoms with Gasteiger partial charge in [0.05, 0.1) is 5.94 Å². The van der Waals surface area contributed by atoms with Crippen LogP contribution in [0.15, 0.2) is 0 Å². The van der Waals surface area contributed by atoms with Crippen molar-refractivity contribution in [2.75, 3.05) is 13.0 Å². The van der Waals surface area contributed by atoms with Gasteiger partial charge in [0, 0.05) is 7.11 Å². The van der Waals surface area contributed by atoms with Crippen LogP contribution in [0.25, 0.3) is 0 Å². The predicted octanol–water partition coefficient (Wildman–Crippen LogP) is 1.24. The van der Waals surface area contributed by atoms with Gasteiger partial charge in [-0.2, -0.15) is 12.6 Å². The normalized spacial score (nSPS) is 12.0. The Kier molecular flexibility index (Phi) is 3.71. The van der Waals surface area contributed by atoms with Gasteiger partial charge in [-0.1, -0.05) is 0 Å². The van der Waals surface area contributed by atoms with Gasteiger partial charge in [-0.25, -0.2) is 0 Å². The minimum absolute atomic E-state index is 0.451. The van der Waals surface area contributed by atoms with Gasteiger partial charge < -0.3 is 8.85 Å². The Bertz CT molecular complexity index is 67.1. The lowest BCUT2D eigenvalue weighted by molar-refractivity contribution is 0.248. The van der Waals surface area contributed by atoms with E-state index in [4.69, 9.17) is 8.85 Å². The van der Waals surface area contributed by atoms with E-state index >= 15 is 0 Å². The average molecular weight is 152 g/mol. The Morgan fingerprint density at radius 2 is 2.00 bits per heavy atom. The molecule has 0 heterocycles. The molecule has 0 aliphatic rings. The van der Waals surface area contributed by atoms with Crippen molar-refractivity contribution in [1.82, 2.24) is 0 Å². The summed E-state index contributed by atoms with van der Waals surface area (Å²) in [6, 6.07) is 0. The topological polar surface area (TPSA) is 18.5 Å². The Morgan fingerprint density at radius 3 is 2.12 bits per heavy atom. The van der Waals surface area contributed by atoms with E-state index in [0.29, 0.717) is 5.94 Å². The second kappa shape index (κ2) is 3.50. The third kappa shape index (κ3) is 3.48. The molecule has 0 amide bonds. The highest BCUT2D eigenvalue weighted by molar-refractivity contribution is 7.80. The first-order valence-corrected chi connectivity index (χ1v) is 5.87. The highest BCUT2D eigenvalue weighted by Gasteiger charge is 2.20. The smallest absolute Gasteiger partial charge is 0.332 e. The van der Waals surface area contributed by atoms with Crippen molar-refractivity contribution in [3.05, 3.63) is 0 Å². The van der Waals surface area contributed by atoms with E-state index in [1.54, 1.807) is 7.11 Å². The van der Waals surface area contributed by atoms with E-state index in [0.717, 1.165) is 0 Å². The first kappa shape index (κ1) is 8.49. The molecule has 0 radical (unpaired) electrons. The molecular formula is C4H12O2SSi. The van der Waals surface area contributed by atoms with E-state index in [-0.39, 0.29) is 0 Å². The van der Waals surface area contributed by atoms with Crippen LogP contribution < -0.4 is 0 Å². The van der Waals surface area contributed by atoms with Crippen LogP contribution in [-0.2, 0) is 8.85 Å². The summed E-state index contributed by atoms with van der Waals surface area (Å²) < 4.78 is 10.2. The lowest BCUT2D eigenvalue weighted by atomic mass is 11.7. The van der Waals surface area contributed by atoms with Gasteiger partial charge >= 0.3 is 8.56 Å². The maximum atomic E-state index is 5.16. The van der Waals surface area contributed by atoms with Crippen LogP contribution in [0.1, 0.15) is 0 Å².